The lowest BCUT2D eigenvalue weighted by Crippen LogP contribution is -2.04. The van der Waals surface area contributed by atoms with Gasteiger partial charge in [0.05, 0.1) is 5.69 Å². The van der Waals surface area contributed by atoms with Gasteiger partial charge < -0.3 is 10.6 Å². The quantitative estimate of drug-likeness (QED) is 0.903. The predicted octanol–water partition coefficient (Wildman–Crippen LogP) is 3.21. The molecule has 2 rings (SSSR count). The molecule has 0 atom stereocenters. The number of benzene rings is 1. The van der Waals surface area contributed by atoms with Crippen LogP contribution in [-0.4, -0.2) is 22.0 Å². The second-order valence-electron chi connectivity index (χ2n) is 3.25. The van der Waals surface area contributed by atoms with Crippen LogP contribution < -0.4 is 10.6 Å². The number of aromatic nitrogens is 3. The summed E-state index contributed by atoms with van der Waals surface area (Å²) in [6, 6.07) is 4.60. The summed E-state index contributed by atoms with van der Waals surface area (Å²) in [5, 5.41) is 5.48. The molecule has 18 heavy (non-hydrogen) atoms. The maximum Gasteiger partial charge on any atom is 0.233 e. The standard InChI is InChI=1S/C10H8BrClFN5/c1-14-9-16-8(12)17-10(18-9)15-7-3-2-5(11)4-6(7)13/h2-4H,1H3,(H2,14,15,16,17,18). The highest BCUT2D eigenvalue weighted by molar-refractivity contribution is 9.10. The van der Waals surface area contributed by atoms with E-state index < -0.39 is 5.82 Å². The van der Waals surface area contributed by atoms with Crippen molar-refractivity contribution in [1.29, 1.82) is 0 Å². The van der Waals surface area contributed by atoms with E-state index in [0.29, 0.717) is 10.4 Å². The van der Waals surface area contributed by atoms with Gasteiger partial charge in [0.15, 0.2) is 0 Å². The molecule has 0 aliphatic heterocycles. The van der Waals surface area contributed by atoms with E-state index in [1.54, 1.807) is 19.2 Å². The Morgan fingerprint density at radius 1 is 1.22 bits per heavy atom. The zero-order valence-corrected chi connectivity index (χ0v) is 11.5. The highest BCUT2D eigenvalue weighted by Gasteiger charge is 2.07. The lowest BCUT2D eigenvalue weighted by Gasteiger charge is -2.07. The number of anilines is 3. The fourth-order valence-electron chi connectivity index (χ4n) is 1.23. The normalized spacial score (nSPS) is 10.2. The van der Waals surface area contributed by atoms with Gasteiger partial charge in [-0.3, -0.25) is 0 Å². The van der Waals surface area contributed by atoms with Crippen LogP contribution in [0.4, 0.5) is 22.0 Å². The molecule has 0 fully saturated rings. The lowest BCUT2D eigenvalue weighted by atomic mass is 10.3. The first-order chi connectivity index (χ1) is 8.58. The summed E-state index contributed by atoms with van der Waals surface area (Å²) in [4.78, 5) is 11.7. The van der Waals surface area contributed by atoms with E-state index in [-0.39, 0.29) is 16.9 Å². The minimum Gasteiger partial charge on any atom is -0.357 e. The predicted molar refractivity (Wildman–Crippen MR) is 71.8 cm³/mol. The van der Waals surface area contributed by atoms with E-state index in [2.05, 4.69) is 41.5 Å². The number of nitrogens with zero attached hydrogens (tertiary/aromatic N) is 3. The SMILES string of the molecule is CNc1nc(Cl)nc(Nc2ccc(Br)cc2F)n1. The maximum absolute atomic E-state index is 13.6. The fraction of sp³-hybridized carbons (Fsp3) is 0.100. The van der Waals surface area contributed by atoms with Crippen molar-refractivity contribution in [3.8, 4) is 0 Å². The van der Waals surface area contributed by atoms with E-state index in [9.17, 15) is 4.39 Å². The molecule has 2 N–H and O–H groups in total. The van der Waals surface area contributed by atoms with Crippen molar-refractivity contribution in [2.24, 2.45) is 0 Å². The summed E-state index contributed by atoms with van der Waals surface area (Å²) >= 11 is 8.89. The lowest BCUT2D eigenvalue weighted by molar-refractivity contribution is 0.630. The van der Waals surface area contributed by atoms with Gasteiger partial charge >= 0.3 is 0 Å². The average molecular weight is 333 g/mol. The maximum atomic E-state index is 13.6. The molecule has 1 heterocycles. The topological polar surface area (TPSA) is 62.7 Å². The molecule has 0 aliphatic rings. The van der Waals surface area contributed by atoms with Crippen molar-refractivity contribution in [2.45, 2.75) is 0 Å². The first-order valence-corrected chi connectivity index (χ1v) is 6.07. The molecule has 0 bridgehead atoms. The van der Waals surface area contributed by atoms with Crippen molar-refractivity contribution in [1.82, 2.24) is 15.0 Å². The van der Waals surface area contributed by atoms with Crippen LogP contribution in [0.15, 0.2) is 22.7 Å². The monoisotopic (exact) mass is 331 g/mol. The fourth-order valence-corrected chi connectivity index (χ4v) is 1.72. The Kier molecular flexibility index (Phi) is 3.93. The molecule has 0 saturated heterocycles. The summed E-state index contributed by atoms with van der Waals surface area (Å²) in [7, 11) is 1.65. The summed E-state index contributed by atoms with van der Waals surface area (Å²) in [5.74, 6) is 0.0440. The second kappa shape index (κ2) is 5.45. The van der Waals surface area contributed by atoms with Gasteiger partial charge in [-0.1, -0.05) is 15.9 Å². The van der Waals surface area contributed by atoms with Crippen molar-refractivity contribution in [3.05, 3.63) is 33.8 Å². The smallest absolute Gasteiger partial charge is 0.233 e. The zero-order valence-electron chi connectivity index (χ0n) is 9.21. The van der Waals surface area contributed by atoms with E-state index >= 15 is 0 Å². The van der Waals surface area contributed by atoms with Crippen LogP contribution in [0.1, 0.15) is 0 Å². The van der Waals surface area contributed by atoms with Gasteiger partial charge in [-0.15, -0.1) is 0 Å². The Balaban J connectivity index is 2.30. The molecular formula is C10H8BrClFN5. The Labute approximate surface area is 116 Å². The molecule has 0 spiro atoms. The third-order valence-corrected chi connectivity index (χ3v) is 2.67. The minimum absolute atomic E-state index is 0.0226. The van der Waals surface area contributed by atoms with Gasteiger partial charge in [0.2, 0.25) is 17.2 Å². The first kappa shape index (κ1) is 13.0. The molecule has 0 unspecified atom stereocenters. The van der Waals surface area contributed by atoms with Crippen molar-refractivity contribution in [2.75, 3.05) is 17.7 Å². The molecular weight excluding hydrogens is 324 g/mol. The molecule has 2 aromatic rings. The molecule has 0 radical (unpaired) electrons. The second-order valence-corrected chi connectivity index (χ2v) is 4.50. The van der Waals surface area contributed by atoms with Gasteiger partial charge in [0.1, 0.15) is 5.82 Å². The van der Waals surface area contributed by atoms with Crippen LogP contribution in [0.25, 0.3) is 0 Å². The average Bonchev–Trinajstić information content (AvgIpc) is 2.32. The molecule has 1 aromatic heterocycles. The highest BCUT2D eigenvalue weighted by Crippen LogP contribution is 2.22. The van der Waals surface area contributed by atoms with Crippen molar-refractivity contribution < 1.29 is 4.39 Å². The van der Waals surface area contributed by atoms with Gasteiger partial charge in [-0.2, -0.15) is 15.0 Å². The number of hydrogen-bond acceptors (Lipinski definition) is 5. The third kappa shape index (κ3) is 3.05. The minimum atomic E-state index is -0.424. The zero-order chi connectivity index (χ0) is 13.1. The summed E-state index contributed by atoms with van der Waals surface area (Å²) in [6.45, 7) is 0. The molecule has 1 aromatic carbocycles. The van der Waals surface area contributed by atoms with E-state index in [4.69, 9.17) is 11.6 Å². The molecule has 8 heteroatoms. The Bertz CT molecular complexity index is 580. The molecule has 0 saturated carbocycles. The molecule has 0 amide bonds. The molecule has 94 valence electrons. The highest BCUT2D eigenvalue weighted by atomic mass is 79.9. The summed E-state index contributed by atoms with van der Waals surface area (Å²) in [5.41, 5.74) is 0.252. The number of hydrogen-bond donors (Lipinski definition) is 2. The van der Waals surface area contributed by atoms with Crippen LogP contribution >= 0.6 is 27.5 Å². The van der Waals surface area contributed by atoms with Crippen LogP contribution in [0.2, 0.25) is 5.28 Å². The molecule has 0 aliphatic carbocycles. The Morgan fingerprint density at radius 3 is 2.61 bits per heavy atom. The third-order valence-electron chi connectivity index (χ3n) is 2.01. The van der Waals surface area contributed by atoms with E-state index in [1.165, 1.54) is 6.07 Å². The summed E-state index contributed by atoms with van der Waals surface area (Å²) < 4.78 is 14.3. The van der Waals surface area contributed by atoms with Gasteiger partial charge in [-0.25, -0.2) is 4.39 Å². The van der Waals surface area contributed by atoms with Gasteiger partial charge in [0, 0.05) is 11.5 Å². The molecule has 5 nitrogen and oxygen atoms in total. The number of nitrogens with one attached hydrogen (secondary N) is 2. The van der Waals surface area contributed by atoms with Crippen molar-refractivity contribution >= 4 is 45.1 Å². The Morgan fingerprint density at radius 2 is 1.94 bits per heavy atom. The van der Waals surface area contributed by atoms with Gasteiger partial charge in [-0.05, 0) is 29.8 Å². The Hall–Kier alpha value is -1.47. The van der Waals surface area contributed by atoms with Crippen LogP contribution in [-0.2, 0) is 0 Å². The van der Waals surface area contributed by atoms with Crippen LogP contribution in [0.5, 0.6) is 0 Å². The largest absolute Gasteiger partial charge is 0.357 e. The van der Waals surface area contributed by atoms with Crippen LogP contribution in [0, 0.1) is 5.82 Å². The number of halogens is 3. The van der Waals surface area contributed by atoms with E-state index in [0.717, 1.165) is 0 Å². The number of rotatable bonds is 3. The van der Waals surface area contributed by atoms with Crippen molar-refractivity contribution in [3.63, 3.8) is 0 Å². The van der Waals surface area contributed by atoms with Crippen LogP contribution in [0.3, 0.4) is 0 Å². The summed E-state index contributed by atoms with van der Waals surface area (Å²) in [6.07, 6.45) is 0. The van der Waals surface area contributed by atoms with E-state index in [1.807, 2.05) is 0 Å². The first-order valence-electron chi connectivity index (χ1n) is 4.90. The van der Waals surface area contributed by atoms with Gasteiger partial charge in [0.25, 0.3) is 0 Å².